The number of carbonyl (C=O) groups excluding carboxylic acids is 1. The fourth-order valence-corrected chi connectivity index (χ4v) is 2.97. The van der Waals surface area contributed by atoms with Gasteiger partial charge in [0.2, 0.25) is 0 Å². The molecule has 1 aromatic carbocycles. The van der Waals surface area contributed by atoms with Crippen molar-refractivity contribution in [1.29, 1.82) is 0 Å². The maximum atomic E-state index is 11.2. The molecule has 1 fully saturated rings. The number of fused-ring (bicyclic) bond motifs is 2. The third-order valence-electron chi connectivity index (χ3n) is 3.74. The molecule has 3 nitrogen and oxygen atoms in total. The average Bonchev–Trinajstić information content (AvgIpc) is 2.67. The van der Waals surface area contributed by atoms with Crippen molar-refractivity contribution >= 4 is 11.5 Å². The molecule has 3 atom stereocenters. The van der Waals surface area contributed by atoms with Gasteiger partial charge in [-0.25, -0.2) is 0 Å². The Bertz CT molecular complexity index is 481. The Hall–Kier alpha value is -1.61. The van der Waals surface area contributed by atoms with E-state index >= 15 is 0 Å². The summed E-state index contributed by atoms with van der Waals surface area (Å²) in [5.41, 5.74) is 2.58. The predicted molar refractivity (Wildman–Crippen MR) is 69.9 cm³/mol. The number of carbonyl (C=O) groups is 1. The largest absolute Gasteiger partial charge is 0.460 e. The highest BCUT2D eigenvalue weighted by Gasteiger charge is 2.39. The summed E-state index contributed by atoms with van der Waals surface area (Å²) >= 11 is 0. The van der Waals surface area contributed by atoms with E-state index in [4.69, 9.17) is 4.74 Å². The van der Waals surface area contributed by atoms with Crippen LogP contribution in [0.15, 0.2) is 36.4 Å². The van der Waals surface area contributed by atoms with Gasteiger partial charge >= 0.3 is 5.97 Å². The van der Waals surface area contributed by atoms with E-state index in [0.29, 0.717) is 5.92 Å². The molecule has 0 aliphatic carbocycles. The molecule has 2 aliphatic rings. The van der Waals surface area contributed by atoms with Gasteiger partial charge in [0.05, 0.1) is 0 Å². The van der Waals surface area contributed by atoms with Crippen LogP contribution in [0.3, 0.4) is 0 Å². The molecule has 0 spiro atoms. The minimum Gasteiger partial charge on any atom is -0.460 e. The van der Waals surface area contributed by atoms with Gasteiger partial charge in [-0.1, -0.05) is 36.4 Å². The lowest BCUT2D eigenvalue weighted by molar-refractivity contribution is -0.146. The summed E-state index contributed by atoms with van der Waals surface area (Å²) in [7, 11) is 0. The Morgan fingerprint density at radius 1 is 1.28 bits per heavy atom. The summed E-state index contributed by atoms with van der Waals surface area (Å²) in [5.74, 6) is 0.145. The monoisotopic (exact) mass is 243 g/mol. The van der Waals surface area contributed by atoms with Gasteiger partial charge in [-0.15, -0.1) is 0 Å². The number of esters is 1. The molecule has 2 aliphatic heterocycles. The number of ether oxygens (including phenoxy) is 1. The standard InChI is InChI=1S/C15H17NO2/c1-11(17)18-15-10-16-8-7-13(14(15)9-16)12-5-3-2-4-6-12/h2-7,14-15H,8-10H2,1H3. The molecule has 0 amide bonds. The second-order valence-electron chi connectivity index (χ2n) is 5.00. The van der Waals surface area contributed by atoms with Crippen LogP contribution in [0.2, 0.25) is 0 Å². The lowest BCUT2D eigenvalue weighted by Gasteiger charge is -2.24. The first-order chi connectivity index (χ1) is 8.74. The molecule has 3 heteroatoms. The van der Waals surface area contributed by atoms with Crippen LogP contribution >= 0.6 is 0 Å². The summed E-state index contributed by atoms with van der Waals surface area (Å²) < 4.78 is 5.46. The van der Waals surface area contributed by atoms with Crippen molar-refractivity contribution < 1.29 is 9.53 Å². The lowest BCUT2D eigenvalue weighted by Crippen LogP contribution is -2.25. The molecule has 1 saturated heterocycles. The highest BCUT2D eigenvalue weighted by molar-refractivity contribution is 5.71. The topological polar surface area (TPSA) is 29.5 Å². The van der Waals surface area contributed by atoms with E-state index in [2.05, 4.69) is 35.2 Å². The molecule has 3 unspecified atom stereocenters. The maximum absolute atomic E-state index is 11.2. The van der Waals surface area contributed by atoms with Crippen molar-refractivity contribution in [3.63, 3.8) is 0 Å². The van der Waals surface area contributed by atoms with Crippen LogP contribution in [0.4, 0.5) is 0 Å². The third kappa shape index (κ3) is 2.06. The molecule has 3 rings (SSSR count). The van der Waals surface area contributed by atoms with Crippen LogP contribution in [0.25, 0.3) is 5.57 Å². The van der Waals surface area contributed by atoms with Crippen LogP contribution < -0.4 is 0 Å². The molecule has 0 radical (unpaired) electrons. The zero-order valence-corrected chi connectivity index (χ0v) is 10.5. The molecular weight excluding hydrogens is 226 g/mol. The summed E-state index contributed by atoms with van der Waals surface area (Å²) in [4.78, 5) is 13.5. The molecule has 18 heavy (non-hydrogen) atoms. The normalized spacial score (nSPS) is 29.8. The van der Waals surface area contributed by atoms with Crippen LogP contribution in [0, 0.1) is 5.92 Å². The Balaban J connectivity index is 1.87. The van der Waals surface area contributed by atoms with E-state index in [1.54, 1.807) is 0 Å². The number of rotatable bonds is 2. The molecule has 2 bridgehead atoms. The van der Waals surface area contributed by atoms with Gasteiger partial charge in [0.15, 0.2) is 0 Å². The third-order valence-corrected chi connectivity index (χ3v) is 3.74. The van der Waals surface area contributed by atoms with E-state index in [-0.39, 0.29) is 12.1 Å². The fraction of sp³-hybridized carbons (Fsp3) is 0.400. The average molecular weight is 243 g/mol. The van der Waals surface area contributed by atoms with Gasteiger partial charge < -0.3 is 4.74 Å². The van der Waals surface area contributed by atoms with Crippen molar-refractivity contribution in [3.8, 4) is 0 Å². The summed E-state index contributed by atoms with van der Waals surface area (Å²) in [6, 6.07) is 10.4. The smallest absolute Gasteiger partial charge is 0.302 e. The minimum atomic E-state index is -0.179. The zero-order chi connectivity index (χ0) is 12.5. The zero-order valence-electron chi connectivity index (χ0n) is 10.5. The Labute approximate surface area is 107 Å². The SMILES string of the molecule is CC(=O)OC1CN2CC=C(c3ccccc3)C1C2. The van der Waals surface area contributed by atoms with E-state index in [0.717, 1.165) is 19.6 Å². The minimum absolute atomic E-state index is 0.0106. The van der Waals surface area contributed by atoms with Gasteiger partial charge in [0, 0.05) is 32.5 Å². The van der Waals surface area contributed by atoms with Gasteiger partial charge in [-0.05, 0) is 11.1 Å². The number of hydrogen-bond donors (Lipinski definition) is 0. The van der Waals surface area contributed by atoms with Gasteiger partial charge in [0.25, 0.3) is 0 Å². The van der Waals surface area contributed by atoms with Crippen LogP contribution in [0.1, 0.15) is 12.5 Å². The summed E-state index contributed by atoms with van der Waals surface area (Å²) in [6.07, 6.45) is 2.28. The molecule has 0 saturated carbocycles. The lowest BCUT2D eigenvalue weighted by atomic mass is 9.89. The van der Waals surface area contributed by atoms with E-state index < -0.39 is 0 Å². The van der Waals surface area contributed by atoms with Crippen LogP contribution in [-0.4, -0.2) is 36.6 Å². The van der Waals surface area contributed by atoms with Crippen LogP contribution in [0.5, 0.6) is 0 Å². The first-order valence-electron chi connectivity index (χ1n) is 6.39. The quantitative estimate of drug-likeness (QED) is 0.744. The predicted octanol–water partition coefficient (Wildman–Crippen LogP) is 1.95. The van der Waals surface area contributed by atoms with E-state index in [1.807, 2.05) is 6.07 Å². The van der Waals surface area contributed by atoms with Crippen molar-refractivity contribution in [1.82, 2.24) is 4.90 Å². The molecule has 0 aromatic heterocycles. The van der Waals surface area contributed by atoms with Crippen molar-refractivity contribution in [2.75, 3.05) is 19.6 Å². The van der Waals surface area contributed by atoms with Gasteiger partial charge in [0.1, 0.15) is 6.10 Å². The summed E-state index contributed by atoms with van der Waals surface area (Å²) in [5, 5.41) is 0. The second-order valence-corrected chi connectivity index (χ2v) is 5.00. The Morgan fingerprint density at radius 2 is 2.06 bits per heavy atom. The summed E-state index contributed by atoms with van der Waals surface area (Å²) in [6.45, 7) is 4.30. The number of nitrogens with zero attached hydrogens (tertiary/aromatic N) is 1. The molecule has 1 aromatic rings. The first kappa shape index (κ1) is 11.5. The Kier molecular flexibility index (Phi) is 2.92. The molecular formula is C15H17NO2. The second kappa shape index (κ2) is 4.58. The molecule has 94 valence electrons. The van der Waals surface area contributed by atoms with Crippen LogP contribution in [-0.2, 0) is 9.53 Å². The van der Waals surface area contributed by atoms with Gasteiger partial charge in [-0.2, -0.15) is 0 Å². The molecule has 0 N–H and O–H groups in total. The van der Waals surface area contributed by atoms with Crippen molar-refractivity contribution in [3.05, 3.63) is 42.0 Å². The van der Waals surface area contributed by atoms with E-state index in [1.165, 1.54) is 18.1 Å². The van der Waals surface area contributed by atoms with E-state index in [9.17, 15) is 4.79 Å². The van der Waals surface area contributed by atoms with Crippen molar-refractivity contribution in [2.24, 2.45) is 5.92 Å². The fourth-order valence-electron chi connectivity index (χ4n) is 2.97. The number of hydrogen-bond acceptors (Lipinski definition) is 3. The highest BCUT2D eigenvalue weighted by atomic mass is 16.5. The first-order valence-corrected chi connectivity index (χ1v) is 6.39. The number of benzene rings is 1. The Morgan fingerprint density at radius 3 is 2.78 bits per heavy atom. The van der Waals surface area contributed by atoms with Crippen molar-refractivity contribution in [2.45, 2.75) is 13.0 Å². The highest BCUT2D eigenvalue weighted by Crippen LogP contribution is 2.36. The maximum Gasteiger partial charge on any atom is 0.302 e. The van der Waals surface area contributed by atoms with Gasteiger partial charge in [-0.3, -0.25) is 9.69 Å². The molecule has 2 heterocycles.